The Balaban J connectivity index is 2.11. The van der Waals surface area contributed by atoms with Crippen LogP contribution in [0.15, 0.2) is 42.5 Å². The SMILES string of the molecule is N#Cc1ccc(CC(O)(C(c2ccccc2OC(F)(F)F)C2CC2)C(F)(F)F)c(Cl)c1. The monoisotopic (exact) mass is 463 g/mol. The highest BCUT2D eigenvalue weighted by atomic mass is 35.5. The summed E-state index contributed by atoms with van der Waals surface area (Å²) in [5.41, 5.74) is -3.77. The van der Waals surface area contributed by atoms with E-state index < -0.39 is 42.1 Å². The third kappa shape index (κ3) is 5.08. The molecule has 166 valence electrons. The number of nitriles is 1. The molecule has 2 aromatic carbocycles. The standard InChI is InChI=1S/C21H16ClF6NO2/c22-16-9-12(11-29)5-6-14(16)10-19(30,20(23,24)25)18(13-7-8-13)15-3-1-2-4-17(15)31-21(26,27)28/h1-6,9,13,18,30H,7-8,10H2. The molecule has 3 nitrogen and oxygen atoms in total. The molecule has 0 aliphatic heterocycles. The van der Waals surface area contributed by atoms with Crippen LogP contribution in [0.3, 0.4) is 0 Å². The number of hydrogen-bond donors (Lipinski definition) is 1. The first-order valence-corrected chi connectivity index (χ1v) is 9.56. The topological polar surface area (TPSA) is 53.2 Å². The molecule has 0 bridgehead atoms. The van der Waals surface area contributed by atoms with Crippen molar-refractivity contribution < 1.29 is 36.2 Å². The minimum atomic E-state index is -5.19. The number of benzene rings is 2. The zero-order chi connectivity index (χ0) is 23.0. The number of ether oxygens (including phenoxy) is 1. The van der Waals surface area contributed by atoms with Gasteiger partial charge in [-0.15, -0.1) is 13.2 Å². The van der Waals surface area contributed by atoms with Crippen LogP contribution < -0.4 is 4.74 Å². The van der Waals surface area contributed by atoms with Gasteiger partial charge in [-0.1, -0.05) is 35.9 Å². The van der Waals surface area contributed by atoms with E-state index in [0.717, 1.165) is 12.1 Å². The van der Waals surface area contributed by atoms with E-state index in [1.165, 1.54) is 30.3 Å². The molecule has 2 aromatic rings. The summed E-state index contributed by atoms with van der Waals surface area (Å²) in [6.45, 7) is 0. The summed E-state index contributed by atoms with van der Waals surface area (Å²) in [6, 6.07) is 9.93. The fourth-order valence-electron chi connectivity index (χ4n) is 3.72. The fraction of sp³-hybridized carbons (Fsp3) is 0.381. The lowest BCUT2D eigenvalue weighted by Gasteiger charge is -2.39. The number of aliphatic hydroxyl groups is 1. The zero-order valence-corrected chi connectivity index (χ0v) is 16.5. The third-order valence-corrected chi connectivity index (χ3v) is 5.57. The molecule has 0 radical (unpaired) electrons. The average Bonchev–Trinajstić information content (AvgIpc) is 3.48. The van der Waals surface area contributed by atoms with E-state index in [0.29, 0.717) is 12.8 Å². The van der Waals surface area contributed by atoms with E-state index in [-0.39, 0.29) is 21.7 Å². The summed E-state index contributed by atoms with van der Waals surface area (Å²) in [5.74, 6) is -3.19. The molecule has 0 amide bonds. The van der Waals surface area contributed by atoms with E-state index in [1.54, 1.807) is 6.07 Å². The summed E-state index contributed by atoms with van der Waals surface area (Å²) in [7, 11) is 0. The molecule has 31 heavy (non-hydrogen) atoms. The van der Waals surface area contributed by atoms with Gasteiger partial charge in [0.15, 0.2) is 5.60 Å². The number of para-hydroxylation sites is 1. The molecular formula is C21H16ClF6NO2. The Bertz CT molecular complexity index is 997. The van der Waals surface area contributed by atoms with Gasteiger partial charge in [-0.2, -0.15) is 18.4 Å². The summed E-state index contributed by atoms with van der Waals surface area (Å²) < 4.78 is 85.3. The molecule has 1 aliphatic rings. The van der Waals surface area contributed by atoms with Crippen LogP contribution in [0.5, 0.6) is 5.75 Å². The van der Waals surface area contributed by atoms with E-state index in [2.05, 4.69) is 4.74 Å². The smallest absolute Gasteiger partial charge is 0.405 e. The minimum absolute atomic E-state index is 0.0830. The summed E-state index contributed by atoms with van der Waals surface area (Å²) >= 11 is 6.03. The van der Waals surface area contributed by atoms with Gasteiger partial charge in [0.05, 0.1) is 11.6 Å². The lowest BCUT2D eigenvalue weighted by molar-refractivity contribution is -0.278. The molecule has 0 heterocycles. The number of nitrogens with zero attached hydrogens (tertiary/aromatic N) is 1. The van der Waals surface area contributed by atoms with Crippen molar-refractivity contribution in [3.05, 3.63) is 64.2 Å². The molecule has 1 fully saturated rings. The second-order valence-electron chi connectivity index (χ2n) is 7.42. The zero-order valence-electron chi connectivity index (χ0n) is 15.8. The number of hydrogen-bond acceptors (Lipinski definition) is 3. The van der Waals surface area contributed by atoms with Gasteiger partial charge < -0.3 is 9.84 Å². The van der Waals surface area contributed by atoms with Gasteiger partial charge in [-0.3, -0.25) is 0 Å². The first-order chi connectivity index (χ1) is 14.4. The molecule has 2 atom stereocenters. The van der Waals surface area contributed by atoms with E-state index in [9.17, 15) is 31.4 Å². The van der Waals surface area contributed by atoms with Gasteiger partial charge in [0, 0.05) is 22.9 Å². The van der Waals surface area contributed by atoms with Gasteiger partial charge in [0.25, 0.3) is 0 Å². The van der Waals surface area contributed by atoms with Crippen molar-refractivity contribution >= 4 is 11.6 Å². The molecule has 1 saturated carbocycles. The Kier molecular flexibility index (Phi) is 6.18. The predicted molar refractivity (Wildman–Crippen MR) is 99.5 cm³/mol. The highest BCUT2D eigenvalue weighted by molar-refractivity contribution is 6.31. The molecule has 2 unspecified atom stereocenters. The summed E-state index contributed by atoms with van der Waals surface area (Å²) in [5, 5.41) is 19.8. The molecular weight excluding hydrogens is 448 g/mol. The van der Waals surface area contributed by atoms with E-state index in [1.807, 2.05) is 0 Å². The largest absolute Gasteiger partial charge is 0.573 e. The van der Waals surface area contributed by atoms with E-state index >= 15 is 0 Å². The lowest BCUT2D eigenvalue weighted by Crippen LogP contribution is -2.52. The minimum Gasteiger partial charge on any atom is -0.405 e. The maximum atomic E-state index is 14.3. The molecule has 0 aromatic heterocycles. The quantitative estimate of drug-likeness (QED) is 0.523. The second-order valence-corrected chi connectivity index (χ2v) is 7.82. The second kappa shape index (κ2) is 8.24. The highest BCUT2D eigenvalue weighted by Crippen LogP contribution is 2.56. The van der Waals surface area contributed by atoms with Gasteiger partial charge in [-0.25, -0.2) is 0 Å². The van der Waals surface area contributed by atoms with Crippen molar-refractivity contribution in [2.24, 2.45) is 5.92 Å². The van der Waals surface area contributed by atoms with Crippen LogP contribution in [0.2, 0.25) is 5.02 Å². The van der Waals surface area contributed by atoms with Crippen LogP contribution in [0.1, 0.15) is 35.4 Å². The molecule has 10 heteroatoms. The Labute approximate surface area is 178 Å². The van der Waals surface area contributed by atoms with E-state index in [4.69, 9.17) is 16.9 Å². The fourth-order valence-corrected chi connectivity index (χ4v) is 3.97. The molecule has 1 aliphatic carbocycles. The van der Waals surface area contributed by atoms with Crippen molar-refractivity contribution in [2.75, 3.05) is 0 Å². The Morgan fingerprint density at radius 2 is 1.74 bits per heavy atom. The van der Waals surface area contributed by atoms with Crippen LogP contribution in [-0.2, 0) is 6.42 Å². The van der Waals surface area contributed by atoms with Crippen molar-refractivity contribution in [3.63, 3.8) is 0 Å². The Morgan fingerprint density at radius 3 is 2.26 bits per heavy atom. The first-order valence-electron chi connectivity index (χ1n) is 9.18. The number of rotatable bonds is 6. The van der Waals surface area contributed by atoms with Crippen LogP contribution in [0.4, 0.5) is 26.3 Å². The van der Waals surface area contributed by atoms with Gasteiger partial charge in [0.2, 0.25) is 0 Å². The molecule has 3 rings (SSSR count). The van der Waals surface area contributed by atoms with Crippen molar-refractivity contribution in [2.45, 2.75) is 43.3 Å². The van der Waals surface area contributed by atoms with Gasteiger partial charge >= 0.3 is 12.5 Å². The van der Waals surface area contributed by atoms with Crippen molar-refractivity contribution in [1.82, 2.24) is 0 Å². The lowest BCUT2D eigenvalue weighted by atomic mass is 9.74. The normalized spacial score (nSPS) is 17.5. The predicted octanol–water partition coefficient (Wildman–Crippen LogP) is 6.14. The van der Waals surface area contributed by atoms with Gasteiger partial charge in [0.1, 0.15) is 5.75 Å². The van der Waals surface area contributed by atoms with Crippen molar-refractivity contribution in [1.29, 1.82) is 5.26 Å². The number of halogens is 7. The number of alkyl halides is 6. The summed E-state index contributed by atoms with van der Waals surface area (Å²) in [6.07, 6.45) is -10.7. The first kappa shape index (κ1) is 23.2. The van der Waals surface area contributed by atoms with Gasteiger partial charge in [-0.05, 0) is 42.5 Å². The molecule has 1 N–H and O–H groups in total. The van der Waals surface area contributed by atoms with Crippen LogP contribution in [-0.4, -0.2) is 23.2 Å². The van der Waals surface area contributed by atoms with Crippen LogP contribution >= 0.6 is 11.6 Å². The van der Waals surface area contributed by atoms with Crippen LogP contribution in [0, 0.1) is 17.2 Å². The highest BCUT2D eigenvalue weighted by Gasteiger charge is 2.62. The maximum Gasteiger partial charge on any atom is 0.573 e. The maximum absolute atomic E-state index is 14.3. The Hall–Kier alpha value is -2.44. The third-order valence-electron chi connectivity index (χ3n) is 5.22. The molecule has 0 saturated heterocycles. The van der Waals surface area contributed by atoms with Crippen molar-refractivity contribution in [3.8, 4) is 11.8 Å². The van der Waals surface area contributed by atoms with Crippen LogP contribution in [0.25, 0.3) is 0 Å². The Morgan fingerprint density at radius 1 is 1.10 bits per heavy atom. The molecule has 0 spiro atoms. The summed E-state index contributed by atoms with van der Waals surface area (Å²) in [4.78, 5) is 0. The average molecular weight is 464 g/mol.